The van der Waals surface area contributed by atoms with Crippen LogP contribution in [0.3, 0.4) is 0 Å². The molecule has 0 unspecified atom stereocenters. The number of rotatable bonds is 2. The van der Waals surface area contributed by atoms with Crippen LogP contribution in [0, 0.1) is 0 Å². The Kier molecular flexibility index (Phi) is 3.83. The molecule has 1 aliphatic rings. The number of nitrogens with two attached hydrogens (primary N) is 1. The fraction of sp³-hybridized carbons (Fsp3) is 0.438. The molecular weight excluding hydrogens is 314 g/mol. The molecule has 3 rings (SSSR count). The number of nitrogens with zero attached hydrogens (tertiary/aromatic N) is 2. The zero-order valence-corrected chi connectivity index (χ0v) is 13.4. The Morgan fingerprint density at radius 1 is 1.25 bits per heavy atom. The van der Waals surface area contributed by atoms with Crippen LogP contribution >= 0.6 is 15.9 Å². The highest BCUT2D eigenvalue weighted by Crippen LogP contribution is 2.36. The molecule has 0 bridgehead atoms. The molecule has 4 heteroatoms. The minimum absolute atomic E-state index is 0.593. The normalized spacial score (nSPS) is 16.5. The van der Waals surface area contributed by atoms with E-state index in [1.165, 1.54) is 32.1 Å². The number of aromatic nitrogens is 1. The van der Waals surface area contributed by atoms with E-state index in [0.717, 1.165) is 26.8 Å². The maximum Gasteiger partial charge on any atom is 0.0745 e. The second-order valence-electron chi connectivity index (χ2n) is 5.63. The molecule has 1 aromatic heterocycles. The molecule has 0 radical (unpaired) electrons. The van der Waals surface area contributed by atoms with Gasteiger partial charge in [-0.15, -0.1) is 0 Å². The summed E-state index contributed by atoms with van der Waals surface area (Å²) in [6.07, 6.45) is 8.30. The number of anilines is 2. The molecule has 1 saturated carbocycles. The van der Waals surface area contributed by atoms with Crippen molar-refractivity contribution >= 4 is 38.2 Å². The predicted octanol–water partition coefficient (Wildman–Crippen LogP) is 4.35. The van der Waals surface area contributed by atoms with Gasteiger partial charge < -0.3 is 10.6 Å². The average molecular weight is 334 g/mol. The lowest BCUT2D eigenvalue weighted by Gasteiger charge is -2.34. The molecule has 1 aromatic carbocycles. The van der Waals surface area contributed by atoms with Gasteiger partial charge >= 0.3 is 0 Å². The molecular formula is C16H20BrN3. The summed E-state index contributed by atoms with van der Waals surface area (Å²) in [6, 6.07) is 6.77. The lowest BCUT2D eigenvalue weighted by Crippen LogP contribution is -2.34. The molecule has 20 heavy (non-hydrogen) atoms. The van der Waals surface area contributed by atoms with Crippen molar-refractivity contribution in [1.29, 1.82) is 0 Å². The summed E-state index contributed by atoms with van der Waals surface area (Å²) in [5.41, 5.74) is 9.12. The number of nitrogen functional groups attached to an aromatic ring is 1. The Bertz CT molecular complexity index is 615. The predicted molar refractivity (Wildman–Crippen MR) is 89.1 cm³/mol. The summed E-state index contributed by atoms with van der Waals surface area (Å²) in [4.78, 5) is 6.80. The maximum atomic E-state index is 6.22. The lowest BCUT2D eigenvalue weighted by atomic mass is 9.94. The van der Waals surface area contributed by atoms with Crippen LogP contribution < -0.4 is 10.6 Å². The van der Waals surface area contributed by atoms with Crippen LogP contribution in [0.25, 0.3) is 10.9 Å². The molecule has 0 atom stereocenters. The minimum Gasteiger partial charge on any atom is -0.396 e. The zero-order chi connectivity index (χ0) is 14.1. The minimum atomic E-state index is 0.593. The van der Waals surface area contributed by atoms with Crippen molar-refractivity contribution in [3.63, 3.8) is 0 Å². The van der Waals surface area contributed by atoms with Crippen molar-refractivity contribution in [3.05, 3.63) is 28.9 Å². The number of pyridine rings is 1. The van der Waals surface area contributed by atoms with Gasteiger partial charge in [0.1, 0.15) is 0 Å². The molecule has 1 aliphatic carbocycles. The van der Waals surface area contributed by atoms with Crippen molar-refractivity contribution in [2.45, 2.75) is 38.1 Å². The van der Waals surface area contributed by atoms with Crippen molar-refractivity contribution in [2.75, 3.05) is 17.7 Å². The average Bonchev–Trinajstić information content (AvgIpc) is 2.47. The van der Waals surface area contributed by atoms with Crippen LogP contribution in [0.1, 0.15) is 32.1 Å². The molecule has 0 amide bonds. The second kappa shape index (κ2) is 5.60. The molecule has 2 aromatic rings. The van der Waals surface area contributed by atoms with Crippen LogP contribution in [0.4, 0.5) is 11.4 Å². The van der Waals surface area contributed by atoms with Gasteiger partial charge in [0.15, 0.2) is 0 Å². The Balaban J connectivity index is 2.08. The van der Waals surface area contributed by atoms with Crippen molar-refractivity contribution < 1.29 is 0 Å². The van der Waals surface area contributed by atoms with Gasteiger partial charge in [-0.1, -0.05) is 35.2 Å². The highest BCUT2D eigenvalue weighted by molar-refractivity contribution is 9.10. The smallest absolute Gasteiger partial charge is 0.0745 e. The van der Waals surface area contributed by atoms with Crippen LogP contribution in [-0.2, 0) is 0 Å². The van der Waals surface area contributed by atoms with E-state index < -0.39 is 0 Å². The Hall–Kier alpha value is -1.29. The van der Waals surface area contributed by atoms with E-state index in [1.54, 1.807) is 6.20 Å². The fourth-order valence-electron chi connectivity index (χ4n) is 3.21. The topological polar surface area (TPSA) is 42.1 Å². The zero-order valence-electron chi connectivity index (χ0n) is 11.8. The van der Waals surface area contributed by atoms with Crippen LogP contribution in [-0.4, -0.2) is 18.1 Å². The third-order valence-electron chi connectivity index (χ3n) is 4.31. The van der Waals surface area contributed by atoms with Crippen LogP contribution in [0.2, 0.25) is 0 Å². The Morgan fingerprint density at radius 2 is 2.00 bits per heavy atom. The molecule has 2 N–H and O–H groups in total. The number of benzene rings is 1. The summed E-state index contributed by atoms with van der Waals surface area (Å²) in [6.45, 7) is 0. The molecule has 106 valence electrons. The molecule has 0 spiro atoms. The molecule has 0 saturated heterocycles. The first-order chi connectivity index (χ1) is 9.66. The van der Waals surface area contributed by atoms with E-state index >= 15 is 0 Å². The highest BCUT2D eigenvalue weighted by Gasteiger charge is 2.21. The van der Waals surface area contributed by atoms with Gasteiger partial charge in [0.05, 0.1) is 23.1 Å². The van der Waals surface area contributed by atoms with Crippen LogP contribution in [0.5, 0.6) is 0 Å². The van der Waals surface area contributed by atoms with Gasteiger partial charge in [0.25, 0.3) is 0 Å². The van der Waals surface area contributed by atoms with Gasteiger partial charge in [-0.2, -0.15) is 0 Å². The van der Waals surface area contributed by atoms with E-state index in [0.29, 0.717) is 6.04 Å². The quantitative estimate of drug-likeness (QED) is 0.888. The SMILES string of the molecule is CN(c1c(N)cnc2ccc(Br)cc12)C1CCCCC1. The number of hydrogen-bond donors (Lipinski definition) is 1. The third kappa shape index (κ3) is 2.49. The first-order valence-corrected chi connectivity index (χ1v) is 8.02. The highest BCUT2D eigenvalue weighted by atomic mass is 79.9. The van der Waals surface area contributed by atoms with Crippen molar-refractivity contribution in [1.82, 2.24) is 4.98 Å². The third-order valence-corrected chi connectivity index (χ3v) is 4.80. The first-order valence-electron chi connectivity index (χ1n) is 7.23. The van der Waals surface area contributed by atoms with Crippen molar-refractivity contribution in [2.24, 2.45) is 0 Å². The molecule has 1 heterocycles. The van der Waals surface area contributed by atoms with Gasteiger partial charge in [0, 0.05) is 22.9 Å². The lowest BCUT2D eigenvalue weighted by molar-refractivity contribution is 0.428. The van der Waals surface area contributed by atoms with E-state index in [-0.39, 0.29) is 0 Å². The first kappa shape index (κ1) is 13.7. The summed E-state index contributed by atoms with van der Waals surface area (Å²) in [5.74, 6) is 0. The maximum absolute atomic E-state index is 6.22. The summed E-state index contributed by atoms with van der Waals surface area (Å²) >= 11 is 3.55. The Labute approximate surface area is 128 Å². The van der Waals surface area contributed by atoms with Crippen molar-refractivity contribution in [3.8, 4) is 0 Å². The number of fused-ring (bicyclic) bond motifs is 1. The monoisotopic (exact) mass is 333 g/mol. The summed E-state index contributed by atoms with van der Waals surface area (Å²) in [7, 11) is 2.17. The van der Waals surface area contributed by atoms with Crippen LogP contribution in [0.15, 0.2) is 28.9 Å². The fourth-order valence-corrected chi connectivity index (χ4v) is 3.57. The second-order valence-corrected chi connectivity index (χ2v) is 6.54. The number of halogens is 1. The largest absolute Gasteiger partial charge is 0.396 e. The van der Waals surface area contributed by atoms with E-state index in [9.17, 15) is 0 Å². The molecule has 0 aliphatic heterocycles. The van der Waals surface area contributed by atoms with Gasteiger partial charge in [-0.3, -0.25) is 4.98 Å². The molecule has 3 nitrogen and oxygen atoms in total. The standard InChI is InChI=1S/C16H20BrN3/c1-20(12-5-3-2-4-6-12)16-13-9-11(17)7-8-15(13)19-10-14(16)18/h7-10,12H,2-6,18H2,1H3. The summed E-state index contributed by atoms with van der Waals surface area (Å²) in [5, 5.41) is 1.13. The van der Waals surface area contributed by atoms with Gasteiger partial charge in [-0.05, 0) is 31.0 Å². The summed E-state index contributed by atoms with van der Waals surface area (Å²) < 4.78 is 1.07. The van der Waals surface area contributed by atoms with Gasteiger partial charge in [-0.25, -0.2) is 0 Å². The van der Waals surface area contributed by atoms with E-state index in [1.807, 2.05) is 12.1 Å². The molecule has 1 fully saturated rings. The van der Waals surface area contributed by atoms with E-state index in [2.05, 4.69) is 38.9 Å². The van der Waals surface area contributed by atoms with Gasteiger partial charge in [0.2, 0.25) is 0 Å². The van der Waals surface area contributed by atoms with E-state index in [4.69, 9.17) is 5.73 Å². The Morgan fingerprint density at radius 3 is 2.75 bits per heavy atom. The number of hydrogen-bond acceptors (Lipinski definition) is 3.